The van der Waals surface area contributed by atoms with Crippen molar-refractivity contribution in [1.29, 1.82) is 0 Å². The third-order valence-corrected chi connectivity index (χ3v) is 3.43. The Morgan fingerprint density at radius 1 is 1.41 bits per heavy atom. The minimum Gasteiger partial charge on any atom is -0.495 e. The lowest BCUT2D eigenvalue weighted by molar-refractivity contribution is -0.117. The molecule has 2 N–H and O–H groups in total. The molecule has 0 aromatic heterocycles. The fourth-order valence-electron chi connectivity index (χ4n) is 2.34. The first-order valence-corrected chi connectivity index (χ1v) is 7.08. The zero-order valence-corrected chi connectivity index (χ0v) is 13.7. The fraction of sp³-hybridized carbons (Fsp3) is 0.467. The third kappa shape index (κ3) is 4.35. The Morgan fingerprint density at radius 2 is 2.18 bits per heavy atom. The number of amides is 2. The Balaban J connectivity index is 0.00000242. The van der Waals surface area contributed by atoms with Gasteiger partial charge in [-0.25, -0.2) is 0 Å². The Kier molecular flexibility index (Phi) is 7.14. The molecule has 122 valence electrons. The van der Waals surface area contributed by atoms with Crippen LogP contribution in [0.15, 0.2) is 18.2 Å². The molecule has 1 fully saturated rings. The zero-order chi connectivity index (χ0) is 15.2. The molecule has 0 aliphatic carbocycles. The van der Waals surface area contributed by atoms with E-state index in [0.29, 0.717) is 43.1 Å². The van der Waals surface area contributed by atoms with Gasteiger partial charge in [0.2, 0.25) is 11.8 Å². The van der Waals surface area contributed by atoms with Gasteiger partial charge in [-0.2, -0.15) is 0 Å². The molecule has 1 aliphatic heterocycles. The van der Waals surface area contributed by atoms with E-state index in [1.807, 2.05) is 0 Å². The number of hydrogen-bond acceptors (Lipinski definition) is 4. The maximum atomic E-state index is 11.9. The van der Waals surface area contributed by atoms with Gasteiger partial charge < -0.3 is 20.3 Å². The fourth-order valence-corrected chi connectivity index (χ4v) is 2.34. The van der Waals surface area contributed by atoms with E-state index in [0.717, 1.165) is 6.42 Å². The normalized spacial score (nSPS) is 13.7. The summed E-state index contributed by atoms with van der Waals surface area (Å²) in [6.45, 7) is 1.31. The zero-order valence-electron chi connectivity index (χ0n) is 12.8. The average Bonchev–Trinajstić information content (AvgIpc) is 2.91. The van der Waals surface area contributed by atoms with Crippen LogP contribution in [0.1, 0.15) is 19.3 Å². The lowest BCUT2D eigenvalue weighted by atomic mass is 10.2. The molecule has 0 atom stereocenters. The number of carbonyl (C=O) groups excluding carboxylic acids is 2. The molecule has 0 unspecified atom stereocenters. The number of benzene rings is 1. The molecule has 0 radical (unpaired) electrons. The largest absolute Gasteiger partial charge is 0.495 e. The van der Waals surface area contributed by atoms with Crippen LogP contribution in [0.25, 0.3) is 0 Å². The summed E-state index contributed by atoms with van der Waals surface area (Å²) >= 11 is 0. The highest BCUT2D eigenvalue weighted by Crippen LogP contribution is 2.33. The number of nitrogens with zero attached hydrogens (tertiary/aromatic N) is 1. The number of anilines is 2. The lowest BCUT2D eigenvalue weighted by Gasteiger charge is -2.20. The van der Waals surface area contributed by atoms with Gasteiger partial charge in [0.25, 0.3) is 0 Å². The minimum atomic E-state index is -0.0618. The second-order valence-corrected chi connectivity index (χ2v) is 4.94. The van der Waals surface area contributed by atoms with Crippen LogP contribution in [0.4, 0.5) is 11.4 Å². The van der Waals surface area contributed by atoms with Crippen molar-refractivity contribution in [2.45, 2.75) is 19.3 Å². The summed E-state index contributed by atoms with van der Waals surface area (Å²) in [6, 6.07) is 5.34. The Hall–Kier alpha value is -1.79. The van der Waals surface area contributed by atoms with Crippen LogP contribution in [-0.4, -0.2) is 39.1 Å². The van der Waals surface area contributed by atoms with Crippen molar-refractivity contribution in [2.24, 2.45) is 0 Å². The number of methoxy groups -OCH3 is 1. The second-order valence-electron chi connectivity index (χ2n) is 4.94. The molecule has 2 rings (SSSR count). The Bertz CT molecular complexity index is 537. The highest BCUT2D eigenvalue weighted by atomic mass is 35.5. The molecule has 1 saturated heterocycles. The van der Waals surface area contributed by atoms with Gasteiger partial charge in [0, 0.05) is 31.6 Å². The highest BCUT2D eigenvalue weighted by molar-refractivity contribution is 5.98. The van der Waals surface area contributed by atoms with Crippen LogP contribution in [0, 0.1) is 0 Å². The van der Waals surface area contributed by atoms with E-state index in [1.54, 1.807) is 37.3 Å². The summed E-state index contributed by atoms with van der Waals surface area (Å²) in [5.41, 5.74) is 1.39. The van der Waals surface area contributed by atoms with Crippen LogP contribution in [0.3, 0.4) is 0 Å². The van der Waals surface area contributed by atoms with Gasteiger partial charge >= 0.3 is 0 Å². The monoisotopic (exact) mass is 327 g/mol. The summed E-state index contributed by atoms with van der Waals surface area (Å²) in [6.07, 6.45) is 1.81. The second kappa shape index (κ2) is 8.60. The molecule has 22 heavy (non-hydrogen) atoms. The topological polar surface area (TPSA) is 70.7 Å². The van der Waals surface area contributed by atoms with E-state index in [-0.39, 0.29) is 24.2 Å². The van der Waals surface area contributed by atoms with Crippen molar-refractivity contribution in [2.75, 3.05) is 37.5 Å². The standard InChI is InChI=1S/C15H21N3O3.ClH/c1-16-8-7-14(19)17-11-5-6-13(21-2)12(10-11)18-9-3-4-15(18)20;/h5-6,10,16H,3-4,7-9H2,1-2H3,(H,17,19);1H. The molecule has 1 aliphatic rings. The number of halogens is 1. The minimum absolute atomic E-state index is 0. The maximum absolute atomic E-state index is 11.9. The summed E-state index contributed by atoms with van der Waals surface area (Å²) in [5, 5.41) is 5.77. The highest BCUT2D eigenvalue weighted by Gasteiger charge is 2.24. The van der Waals surface area contributed by atoms with Gasteiger partial charge in [0.15, 0.2) is 0 Å². The van der Waals surface area contributed by atoms with Gasteiger partial charge in [-0.3, -0.25) is 9.59 Å². The Morgan fingerprint density at radius 3 is 2.77 bits per heavy atom. The molecule has 2 amide bonds. The predicted molar refractivity (Wildman–Crippen MR) is 89.0 cm³/mol. The van der Waals surface area contributed by atoms with Crippen molar-refractivity contribution in [3.05, 3.63) is 18.2 Å². The maximum Gasteiger partial charge on any atom is 0.227 e. The van der Waals surface area contributed by atoms with Crippen LogP contribution < -0.4 is 20.3 Å². The van der Waals surface area contributed by atoms with E-state index >= 15 is 0 Å². The van der Waals surface area contributed by atoms with Gasteiger partial charge in [0.1, 0.15) is 5.75 Å². The SMILES string of the molecule is CNCCC(=O)Nc1ccc(OC)c(N2CCCC2=O)c1.Cl. The van der Waals surface area contributed by atoms with Crippen molar-refractivity contribution in [1.82, 2.24) is 5.32 Å². The first-order chi connectivity index (χ1) is 10.2. The first kappa shape index (κ1) is 18.3. The predicted octanol–water partition coefficient (Wildman–Crippen LogP) is 1.79. The average molecular weight is 328 g/mol. The van der Waals surface area contributed by atoms with Crippen LogP contribution >= 0.6 is 12.4 Å². The third-order valence-electron chi connectivity index (χ3n) is 3.43. The summed E-state index contributed by atoms with van der Waals surface area (Å²) in [4.78, 5) is 25.4. The number of rotatable bonds is 6. The van der Waals surface area contributed by atoms with E-state index in [2.05, 4.69) is 10.6 Å². The van der Waals surface area contributed by atoms with Crippen molar-refractivity contribution in [3.8, 4) is 5.75 Å². The number of carbonyl (C=O) groups is 2. The molecule has 0 saturated carbocycles. The molecule has 0 bridgehead atoms. The van der Waals surface area contributed by atoms with E-state index in [1.165, 1.54) is 0 Å². The molecule has 7 heteroatoms. The molecule has 1 heterocycles. The molecule has 6 nitrogen and oxygen atoms in total. The molecular weight excluding hydrogens is 306 g/mol. The quantitative estimate of drug-likeness (QED) is 0.835. The lowest BCUT2D eigenvalue weighted by Crippen LogP contribution is -2.24. The van der Waals surface area contributed by atoms with E-state index in [4.69, 9.17) is 4.74 Å². The summed E-state index contributed by atoms with van der Waals surface area (Å²) in [5.74, 6) is 0.665. The molecule has 1 aromatic rings. The van der Waals surface area contributed by atoms with E-state index in [9.17, 15) is 9.59 Å². The summed E-state index contributed by atoms with van der Waals surface area (Å²) < 4.78 is 5.31. The van der Waals surface area contributed by atoms with Gasteiger partial charge in [-0.1, -0.05) is 0 Å². The number of ether oxygens (including phenoxy) is 1. The molecule has 0 spiro atoms. The molecule has 1 aromatic carbocycles. The van der Waals surface area contributed by atoms with Gasteiger partial charge in [-0.05, 0) is 31.7 Å². The van der Waals surface area contributed by atoms with Crippen LogP contribution in [-0.2, 0) is 9.59 Å². The Labute approximate surface area is 136 Å². The van der Waals surface area contributed by atoms with Crippen molar-refractivity contribution in [3.63, 3.8) is 0 Å². The van der Waals surface area contributed by atoms with Crippen LogP contribution in [0.5, 0.6) is 5.75 Å². The number of nitrogens with one attached hydrogen (secondary N) is 2. The van der Waals surface area contributed by atoms with Gasteiger partial charge in [-0.15, -0.1) is 12.4 Å². The van der Waals surface area contributed by atoms with E-state index < -0.39 is 0 Å². The molecular formula is C15H22ClN3O3. The van der Waals surface area contributed by atoms with Gasteiger partial charge in [0.05, 0.1) is 12.8 Å². The van der Waals surface area contributed by atoms with Crippen LogP contribution in [0.2, 0.25) is 0 Å². The first-order valence-electron chi connectivity index (χ1n) is 7.08. The van der Waals surface area contributed by atoms with Crippen molar-refractivity contribution >= 4 is 35.6 Å². The number of hydrogen-bond donors (Lipinski definition) is 2. The summed E-state index contributed by atoms with van der Waals surface area (Å²) in [7, 11) is 3.38. The van der Waals surface area contributed by atoms with Crippen molar-refractivity contribution < 1.29 is 14.3 Å². The smallest absolute Gasteiger partial charge is 0.227 e.